The van der Waals surface area contributed by atoms with Crippen molar-refractivity contribution in [2.45, 2.75) is 50.9 Å². The molecule has 0 aliphatic heterocycles. The molecule has 0 spiro atoms. The van der Waals surface area contributed by atoms with Gasteiger partial charge in [0.15, 0.2) is 5.82 Å². The number of fused-ring (bicyclic) bond motifs is 1. The zero-order chi connectivity index (χ0) is 16.4. The molecule has 3 aromatic rings. The normalized spacial score (nSPS) is 16.8. The van der Waals surface area contributed by atoms with E-state index in [2.05, 4.69) is 20.1 Å². The van der Waals surface area contributed by atoms with Crippen molar-refractivity contribution in [2.24, 2.45) is 0 Å². The second-order valence-electron chi connectivity index (χ2n) is 6.46. The van der Waals surface area contributed by atoms with Crippen LogP contribution in [0.4, 0.5) is 0 Å². The Morgan fingerprint density at radius 1 is 1.08 bits per heavy atom. The molecule has 0 unspecified atom stereocenters. The third-order valence-electron chi connectivity index (χ3n) is 4.80. The Morgan fingerprint density at radius 2 is 1.88 bits per heavy atom. The maximum atomic E-state index is 11.8. The monoisotopic (exact) mass is 324 g/mol. The molecule has 1 fully saturated rings. The number of nitrogens with zero attached hydrogens (tertiary/aromatic N) is 3. The summed E-state index contributed by atoms with van der Waals surface area (Å²) >= 11 is 0. The van der Waals surface area contributed by atoms with Crippen LogP contribution in [-0.4, -0.2) is 20.1 Å². The first-order valence-corrected chi connectivity index (χ1v) is 8.63. The number of benzene rings is 1. The Morgan fingerprint density at radius 3 is 2.71 bits per heavy atom. The molecule has 1 aliphatic carbocycles. The van der Waals surface area contributed by atoms with Crippen molar-refractivity contribution in [3.8, 4) is 11.5 Å². The number of aromatic nitrogens is 4. The van der Waals surface area contributed by atoms with Gasteiger partial charge in [0.05, 0.1) is 17.2 Å². The second-order valence-corrected chi connectivity index (χ2v) is 6.46. The van der Waals surface area contributed by atoms with Crippen molar-refractivity contribution in [1.29, 1.82) is 0 Å². The lowest BCUT2D eigenvalue weighted by molar-refractivity contribution is 0.393. The lowest BCUT2D eigenvalue weighted by atomic mass is 9.91. The highest BCUT2D eigenvalue weighted by molar-refractivity contribution is 5.81. The maximum Gasteiger partial charge on any atom is 0.258 e. The molecule has 1 saturated carbocycles. The number of aromatic amines is 1. The molecule has 0 saturated heterocycles. The largest absolute Gasteiger partial charge is 0.334 e. The van der Waals surface area contributed by atoms with Gasteiger partial charge in [-0.1, -0.05) is 37.3 Å². The number of nitrogens with one attached hydrogen (secondary N) is 1. The summed E-state index contributed by atoms with van der Waals surface area (Å²) in [5.74, 6) is 1.70. The first kappa shape index (κ1) is 15.1. The lowest BCUT2D eigenvalue weighted by Crippen LogP contribution is -2.06. The Labute approximate surface area is 139 Å². The van der Waals surface area contributed by atoms with E-state index in [1.54, 1.807) is 6.07 Å². The Hall–Kier alpha value is -2.50. The molecule has 0 radical (unpaired) electrons. The number of hydrogen-bond acceptors (Lipinski definition) is 5. The first-order chi connectivity index (χ1) is 11.8. The molecule has 6 heteroatoms. The number of H-pyrrole nitrogens is 1. The van der Waals surface area contributed by atoms with E-state index in [0.29, 0.717) is 22.7 Å². The summed E-state index contributed by atoms with van der Waals surface area (Å²) < 4.78 is 5.48. The standard InChI is InChI=1S/C18H20N4O2/c23-17-14-9-8-13(10-15(14)19-11-20-17)18-21-16(22-24-18)12-6-4-2-1-3-5-7-12/h8-12H,1-7H2,(H,19,20,23). The van der Waals surface area contributed by atoms with E-state index < -0.39 is 0 Å². The Balaban J connectivity index is 1.63. The lowest BCUT2D eigenvalue weighted by Gasteiger charge is -2.15. The average Bonchev–Trinajstić information content (AvgIpc) is 3.04. The second kappa shape index (κ2) is 6.55. The minimum Gasteiger partial charge on any atom is -0.334 e. The predicted octanol–water partition coefficient (Wildman–Crippen LogP) is 3.80. The summed E-state index contributed by atoms with van der Waals surface area (Å²) in [6.07, 6.45) is 10.1. The summed E-state index contributed by atoms with van der Waals surface area (Å²) in [5, 5.41) is 4.77. The van der Waals surface area contributed by atoms with Crippen molar-refractivity contribution in [3.05, 3.63) is 40.7 Å². The molecule has 1 aliphatic rings. The summed E-state index contributed by atoms with van der Waals surface area (Å²) in [6.45, 7) is 0. The highest BCUT2D eigenvalue weighted by Crippen LogP contribution is 2.30. The van der Waals surface area contributed by atoms with Crippen molar-refractivity contribution in [3.63, 3.8) is 0 Å². The van der Waals surface area contributed by atoms with Gasteiger partial charge in [-0.3, -0.25) is 4.79 Å². The highest BCUT2D eigenvalue weighted by atomic mass is 16.5. The smallest absolute Gasteiger partial charge is 0.258 e. The van der Waals surface area contributed by atoms with Crippen LogP contribution < -0.4 is 5.56 Å². The molecule has 2 heterocycles. The molecule has 4 rings (SSSR count). The van der Waals surface area contributed by atoms with Crippen LogP contribution in [0.25, 0.3) is 22.4 Å². The van der Waals surface area contributed by atoms with E-state index in [-0.39, 0.29) is 5.56 Å². The van der Waals surface area contributed by atoms with Crippen LogP contribution in [0.15, 0.2) is 33.8 Å². The topological polar surface area (TPSA) is 84.7 Å². The van der Waals surface area contributed by atoms with Gasteiger partial charge in [-0.15, -0.1) is 0 Å². The fraction of sp³-hybridized carbons (Fsp3) is 0.444. The van der Waals surface area contributed by atoms with Crippen molar-refractivity contribution < 1.29 is 4.52 Å². The third-order valence-corrected chi connectivity index (χ3v) is 4.80. The number of rotatable bonds is 2. The zero-order valence-corrected chi connectivity index (χ0v) is 13.5. The van der Waals surface area contributed by atoms with Gasteiger partial charge in [0.25, 0.3) is 11.4 Å². The van der Waals surface area contributed by atoms with E-state index in [9.17, 15) is 4.79 Å². The van der Waals surface area contributed by atoms with Gasteiger partial charge in [0.2, 0.25) is 0 Å². The van der Waals surface area contributed by atoms with Gasteiger partial charge < -0.3 is 9.51 Å². The van der Waals surface area contributed by atoms with Crippen molar-refractivity contribution in [2.75, 3.05) is 0 Å². The molecular formula is C18H20N4O2. The average molecular weight is 324 g/mol. The Bertz CT molecular complexity index is 891. The van der Waals surface area contributed by atoms with Crippen LogP contribution in [0.2, 0.25) is 0 Å². The number of hydrogen-bond donors (Lipinski definition) is 1. The zero-order valence-electron chi connectivity index (χ0n) is 13.5. The molecule has 0 amide bonds. The summed E-state index contributed by atoms with van der Waals surface area (Å²) in [7, 11) is 0. The van der Waals surface area contributed by atoms with Gasteiger partial charge >= 0.3 is 0 Å². The molecule has 2 aromatic heterocycles. The molecule has 24 heavy (non-hydrogen) atoms. The first-order valence-electron chi connectivity index (χ1n) is 8.63. The fourth-order valence-corrected chi connectivity index (χ4v) is 3.43. The van der Waals surface area contributed by atoms with Crippen LogP contribution in [-0.2, 0) is 0 Å². The quantitative estimate of drug-likeness (QED) is 0.775. The molecular weight excluding hydrogens is 304 g/mol. The van der Waals surface area contributed by atoms with Gasteiger partial charge in [0.1, 0.15) is 0 Å². The van der Waals surface area contributed by atoms with Crippen LogP contribution >= 0.6 is 0 Å². The summed E-state index contributed by atoms with van der Waals surface area (Å²) in [6, 6.07) is 5.39. The van der Waals surface area contributed by atoms with Gasteiger partial charge in [-0.2, -0.15) is 4.98 Å². The maximum absolute atomic E-state index is 11.8. The summed E-state index contributed by atoms with van der Waals surface area (Å²) in [5.41, 5.74) is 1.28. The van der Waals surface area contributed by atoms with E-state index in [0.717, 1.165) is 24.2 Å². The molecule has 1 N–H and O–H groups in total. The molecule has 1 aromatic carbocycles. The van der Waals surface area contributed by atoms with Gasteiger partial charge in [-0.25, -0.2) is 4.98 Å². The summed E-state index contributed by atoms with van der Waals surface area (Å²) in [4.78, 5) is 23.1. The predicted molar refractivity (Wildman–Crippen MR) is 90.7 cm³/mol. The van der Waals surface area contributed by atoms with Crippen molar-refractivity contribution >= 4 is 10.9 Å². The van der Waals surface area contributed by atoms with Crippen LogP contribution in [0.3, 0.4) is 0 Å². The Kier molecular flexibility index (Phi) is 4.11. The minimum absolute atomic E-state index is 0.146. The van der Waals surface area contributed by atoms with Crippen LogP contribution in [0.1, 0.15) is 56.7 Å². The van der Waals surface area contributed by atoms with E-state index in [1.807, 2.05) is 12.1 Å². The van der Waals surface area contributed by atoms with Gasteiger partial charge in [-0.05, 0) is 31.0 Å². The molecule has 124 valence electrons. The molecule has 6 nitrogen and oxygen atoms in total. The van der Waals surface area contributed by atoms with Crippen molar-refractivity contribution in [1.82, 2.24) is 20.1 Å². The third kappa shape index (κ3) is 2.96. The molecule has 0 bridgehead atoms. The van der Waals surface area contributed by atoms with Crippen LogP contribution in [0.5, 0.6) is 0 Å². The fourth-order valence-electron chi connectivity index (χ4n) is 3.43. The van der Waals surface area contributed by atoms with E-state index in [1.165, 1.54) is 38.4 Å². The van der Waals surface area contributed by atoms with Gasteiger partial charge in [0, 0.05) is 11.5 Å². The highest BCUT2D eigenvalue weighted by Gasteiger charge is 2.20. The van der Waals surface area contributed by atoms with Crippen LogP contribution in [0, 0.1) is 0 Å². The SMILES string of the molecule is O=c1[nH]cnc2cc(-c3nc(C4CCCCCCC4)no3)ccc12. The molecule has 0 atom stereocenters. The minimum atomic E-state index is -0.146. The van der Waals surface area contributed by atoms with E-state index >= 15 is 0 Å². The van der Waals surface area contributed by atoms with E-state index in [4.69, 9.17) is 4.52 Å².